The van der Waals surface area contributed by atoms with Crippen molar-refractivity contribution in [1.82, 2.24) is 4.57 Å². The number of hydrogen-bond acceptors (Lipinski definition) is 3. The number of halogens is 3. The summed E-state index contributed by atoms with van der Waals surface area (Å²) in [5.41, 5.74) is 0.0192. The number of benzene rings is 1. The average molecular weight is 247 g/mol. The number of aliphatic hydroxyl groups excluding tert-OH is 1. The summed E-state index contributed by atoms with van der Waals surface area (Å²) in [5, 5.41) is 9.04. The number of nitrogens with zero attached hydrogens (tertiary/aromatic N) is 1. The zero-order valence-corrected chi connectivity index (χ0v) is 8.65. The van der Waals surface area contributed by atoms with Gasteiger partial charge in [0, 0.05) is 7.05 Å². The lowest BCUT2D eigenvalue weighted by Gasteiger charge is -2.14. The zero-order chi connectivity index (χ0) is 12.8. The lowest BCUT2D eigenvalue weighted by atomic mass is 10.1. The fourth-order valence-corrected chi connectivity index (χ4v) is 1.51. The molecule has 1 N–H and O–H groups in total. The third-order valence-electron chi connectivity index (χ3n) is 2.44. The minimum atomic E-state index is -4.75. The van der Waals surface area contributed by atoms with Crippen LogP contribution in [0.1, 0.15) is 11.7 Å². The Morgan fingerprint density at radius 2 is 2.06 bits per heavy atom. The number of aromatic nitrogens is 1. The number of fused-ring (bicyclic) bond motifs is 1. The van der Waals surface area contributed by atoms with E-state index in [4.69, 9.17) is 9.52 Å². The van der Waals surface area contributed by atoms with E-state index >= 15 is 0 Å². The van der Waals surface area contributed by atoms with Crippen LogP contribution in [-0.4, -0.2) is 15.8 Å². The molecular formula is C10H8F3NO3. The molecule has 7 heteroatoms. The van der Waals surface area contributed by atoms with Gasteiger partial charge in [0.05, 0.1) is 5.52 Å². The van der Waals surface area contributed by atoms with E-state index in [2.05, 4.69) is 0 Å². The molecule has 0 spiro atoms. The molecule has 4 nitrogen and oxygen atoms in total. The fourth-order valence-electron chi connectivity index (χ4n) is 1.51. The molecule has 1 aromatic heterocycles. The Hall–Kier alpha value is -1.76. The number of oxazole rings is 1. The minimum Gasteiger partial charge on any atom is -0.408 e. The Kier molecular flexibility index (Phi) is 2.50. The number of aryl methyl sites for hydroxylation is 1. The monoisotopic (exact) mass is 247 g/mol. The normalized spacial score (nSPS) is 14.2. The first kappa shape index (κ1) is 11.7. The van der Waals surface area contributed by atoms with Crippen LogP contribution in [0.25, 0.3) is 11.1 Å². The van der Waals surface area contributed by atoms with Gasteiger partial charge in [0.25, 0.3) is 0 Å². The summed E-state index contributed by atoms with van der Waals surface area (Å²) in [5.74, 6) is -0.668. The van der Waals surface area contributed by atoms with E-state index < -0.39 is 18.0 Å². The van der Waals surface area contributed by atoms with Gasteiger partial charge in [-0.3, -0.25) is 4.57 Å². The van der Waals surface area contributed by atoms with Gasteiger partial charge in [0.2, 0.25) is 0 Å². The maximum absolute atomic E-state index is 12.3. The van der Waals surface area contributed by atoms with Gasteiger partial charge in [-0.2, -0.15) is 13.2 Å². The van der Waals surface area contributed by atoms with E-state index in [-0.39, 0.29) is 11.1 Å². The minimum absolute atomic E-state index is 0.0123. The highest BCUT2D eigenvalue weighted by atomic mass is 19.4. The fraction of sp³-hybridized carbons (Fsp3) is 0.300. The van der Waals surface area contributed by atoms with Crippen LogP contribution in [0, 0.1) is 0 Å². The molecule has 0 aliphatic rings. The largest absolute Gasteiger partial charge is 0.419 e. The Bertz CT molecular complexity index is 611. The van der Waals surface area contributed by atoms with Crippen LogP contribution < -0.4 is 5.76 Å². The first-order valence-electron chi connectivity index (χ1n) is 4.65. The zero-order valence-electron chi connectivity index (χ0n) is 8.65. The van der Waals surface area contributed by atoms with Crippen LogP contribution >= 0.6 is 0 Å². The molecule has 0 fully saturated rings. The first-order chi connectivity index (χ1) is 7.80. The molecule has 0 bridgehead atoms. The lowest BCUT2D eigenvalue weighted by molar-refractivity contribution is -0.206. The highest BCUT2D eigenvalue weighted by molar-refractivity contribution is 5.73. The molecule has 17 heavy (non-hydrogen) atoms. The number of aliphatic hydroxyl groups is 1. The second kappa shape index (κ2) is 3.63. The van der Waals surface area contributed by atoms with E-state index in [1.807, 2.05) is 0 Å². The highest BCUT2D eigenvalue weighted by Crippen LogP contribution is 2.33. The molecule has 0 amide bonds. The van der Waals surface area contributed by atoms with Crippen LogP contribution in [-0.2, 0) is 7.05 Å². The summed E-state index contributed by atoms with van der Waals surface area (Å²) in [6.07, 6.45) is -7.33. The van der Waals surface area contributed by atoms with Crippen LogP contribution in [0.3, 0.4) is 0 Å². The number of rotatable bonds is 1. The second-order valence-corrected chi connectivity index (χ2v) is 3.60. The van der Waals surface area contributed by atoms with E-state index in [0.29, 0.717) is 5.52 Å². The molecule has 1 heterocycles. The van der Waals surface area contributed by atoms with Crippen LogP contribution in [0.15, 0.2) is 27.4 Å². The second-order valence-electron chi connectivity index (χ2n) is 3.60. The van der Waals surface area contributed by atoms with Crippen molar-refractivity contribution in [1.29, 1.82) is 0 Å². The average Bonchev–Trinajstić information content (AvgIpc) is 2.52. The maximum Gasteiger partial charge on any atom is 0.419 e. The third kappa shape index (κ3) is 1.93. The van der Waals surface area contributed by atoms with Gasteiger partial charge in [0.15, 0.2) is 11.7 Å². The molecule has 1 atom stereocenters. The van der Waals surface area contributed by atoms with Gasteiger partial charge in [-0.25, -0.2) is 4.79 Å². The summed E-state index contributed by atoms with van der Waals surface area (Å²) in [6, 6.07) is 3.41. The van der Waals surface area contributed by atoms with Crippen molar-refractivity contribution in [2.45, 2.75) is 12.3 Å². The van der Waals surface area contributed by atoms with E-state index in [0.717, 1.165) is 12.1 Å². The van der Waals surface area contributed by atoms with Crippen molar-refractivity contribution in [3.8, 4) is 0 Å². The summed E-state index contributed by atoms with van der Waals surface area (Å²) >= 11 is 0. The third-order valence-corrected chi connectivity index (χ3v) is 2.44. The van der Waals surface area contributed by atoms with Crippen LogP contribution in [0.5, 0.6) is 0 Å². The summed E-state index contributed by atoms with van der Waals surface area (Å²) < 4.78 is 42.7. The molecule has 92 valence electrons. The number of hydrogen-bond donors (Lipinski definition) is 1. The van der Waals surface area contributed by atoms with Crippen LogP contribution in [0.2, 0.25) is 0 Å². The van der Waals surface area contributed by atoms with Gasteiger partial charge in [0.1, 0.15) is 0 Å². The van der Waals surface area contributed by atoms with Crippen molar-refractivity contribution in [3.05, 3.63) is 34.3 Å². The first-order valence-corrected chi connectivity index (χ1v) is 4.65. The van der Waals surface area contributed by atoms with Crippen molar-refractivity contribution in [2.24, 2.45) is 7.05 Å². The van der Waals surface area contributed by atoms with Crippen molar-refractivity contribution >= 4 is 11.1 Å². The summed E-state index contributed by atoms with van der Waals surface area (Å²) in [6.45, 7) is 0. The molecule has 0 unspecified atom stereocenters. The predicted octanol–water partition coefficient (Wildman–Crippen LogP) is 1.73. The maximum atomic E-state index is 12.3. The van der Waals surface area contributed by atoms with Crippen molar-refractivity contribution in [2.75, 3.05) is 0 Å². The van der Waals surface area contributed by atoms with Gasteiger partial charge in [-0.05, 0) is 17.7 Å². The topological polar surface area (TPSA) is 55.4 Å². The molecule has 1 aromatic carbocycles. The molecule has 2 aromatic rings. The Morgan fingerprint density at radius 1 is 1.41 bits per heavy atom. The molecule has 0 aliphatic carbocycles. The van der Waals surface area contributed by atoms with Gasteiger partial charge < -0.3 is 9.52 Å². The standard InChI is InChI=1S/C10H8F3NO3/c1-14-6-3-2-5(8(15)10(11,12)13)4-7(6)17-9(14)16/h2-4,8,15H,1H3/t8-/m1/s1. The molecule has 0 radical (unpaired) electrons. The van der Waals surface area contributed by atoms with Gasteiger partial charge in [-0.15, -0.1) is 0 Å². The van der Waals surface area contributed by atoms with Crippen molar-refractivity contribution < 1.29 is 22.7 Å². The van der Waals surface area contributed by atoms with Gasteiger partial charge in [-0.1, -0.05) is 6.07 Å². The molecule has 0 aliphatic heterocycles. The summed E-state index contributed by atoms with van der Waals surface area (Å²) in [4.78, 5) is 11.1. The lowest BCUT2D eigenvalue weighted by Crippen LogP contribution is -2.20. The molecule has 2 rings (SSSR count). The smallest absolute Gasteiger partial charge is 0.408 e. The molecular weight excluding hydrogens is 239 g/mol. The SMILES string of the molecule is Cn1c(=O)oc2cc([C@@H](O)C(F)(F)F)ccc21. The Morgan fingerprint density at radius 3 is 2.65 bits per heavy atom. The quantitative estimate of drug-likeness (QED) is 0.834. The molecule has 0 saturated heterocycles. The highest BCUT2D eigenvalue weighted by Gasteiger charge is 2.39. The number of alkyl halides is 3. The van der Waals surface area contributed by atoms with Gasteiger partial charge >= 0.3 is 11.9 Å². The molecule has 0 saturated carbocycles. The van der Waals surface area contributed by atoms with E-state index in [1.165, 1.54) is 17.7 Å². The Balaban J connectivity index is 2.56. The van der Waals surface area contributed by atoms with E-state index in [9.17, 15) is 18.0 Å². The van der Waals surface area contributed by atoms with Crippen molar-refractivity contribution in [3.63, 3.8) is 0 Å². The predicted molar refractivity (Wildman–Crippen MR) is 52.5 cm³/mol. The van der Waals surface area contributed by atoms with Crippen LogP contribution in [0.4, 0.5) is 13.2 Å². The summed E-state index contributed by atoms with van der Waals surface area (Å²) in [7, 11) is 1.44. The van der Waals surface area contributed by atoms with E-state index in [1.54, 1.807) is 0 Å². The Labute approximate surface area is 92.9 Å².